The second-order valence-electron chi connectivity index (χ2n) is 7.11. The summed E-state index contributed by atoms with van der Waals surface area (Å²) >= 11 is 4.93. The normalized spacial score (nSPS) is 16.6. The molecule has 142 valence electrons. The highest BCUT2D eigenvalue weighted by molar-refractivity contribution is 9.10. The van der Waals surface area contributed by atoms with E-state index in [-0.39, 0.29) is 6.10 Å². The van der Waals surface area contributed by atoms with Gasteiger partial charge in [0.2, 0.25) is 0 Å². The molecule has 0 unspecified atom stereocenters. The van der Waals surface area contributed by atoms with Crippen molar-refractivity contribution in [3.8, 4) is 5.19 Å². The van der Waals surface area contributed by atoms with E-state index in [2.05, 4.69) is 68.9 Å². The Morgan fingerprint density at radius 3 is 2.59 bits per heavy atom. The van der Waals surface area contributed by atoms with Gasteiger partial charge in [0.05, 0.1) is 0 Å². The van der Waals surface area contributed by atoms with Gasteiger partial charge in [-0.1, -0.05) is 30.4 Å². The monoisotopic (exact) mass is 445 g/mol. The van der Waals surface area contributed by atoms with Crippen LogP contribution in [0.2, 0.25) is 0 Å². The van der Waals surface area contributed by atoms with Gasteiger partial charge in [-0.3, -0.25) is 0 Å². The third kappa shape index (κ3) is 4.27. The number of anilines is 1. The Morgan fingerprint density at radius 2 is 1.89 bits per heavy atom. The van der Waals surface area contributed by atoms with E-state index in [1.165, 1.54) is 22.6 Å². The molecule has 6 heteroatoms. The lowest BCUT2D eigenvalue weighted by atomic mass is 9.91. The molecule has 0 bridgehead atoms. The largest absolute Gasteiger partial charge is 0.467 e. The first-order valence-electron chi connectivity index (χ1n) is 9.56. The first kappa shape index (κ1) is 18.7. The maximum absolute atomic E-state index is 6.18. The minimum absolute atomic E-state index is 0.165. The van der Waals surface area contributed by atoms with E-state index in [4.69, 9.17) is 4.74 Å². The quantitative estimate of drug-likeness (QED) is 0.472. The lowest BCUT2D eigenvalue weighted by Crippen LogP contribution is -2.38. The Kier molecular flexibility index (Phi) is 5.64. The van der Waals surface area contributed by atoms with Crippen molar-refractivity contribution in [2.24, 2.45) is 5.92 Å². The molecule has 4 nitrogen and oxygen atoms in total. The molecule has 0 spiro atoms. The molecule has 0 amide bonds. The molecule has 2 aromatic heterocycles. The molecule has 27 heavy (non-hydrogen) atoms. The van der Waals surface area contributed by atoms with Crippen molar-refractivity contribution in [1.82, 2.24) is 9.97 Å². The highest BCUT2D eigenvalue weighted by atomic mass is 79.9. The number of pyridine rings is 1. The van der Waals surface area contributed by atoms with Crippen molar-refractivity contribution in [2.75, 3.05) is 18.0 Å². The van der Waals surface area contributed by atoms with Crippen molar-refractivity contribution in [1.29, 1.82) is 0 Å². The van der Waals surface area contributed by atoms with Crippen LogP contribution in [0.25, 0.3) is 10.3 Å². The zero-order valence-electron chi connectivity index (χ0n) is 15.7. The predicted octanol–water partition coefficient (Wildman–Crippen LogP) is 5.70. The van der Waals surface area contributed by atoms with Crippen LogP contribution in [0, 0.1) is 5.92 Å². The molecular formula is C21H24BrN3OS. The zero-order valence-corrected chi connectivity index (χ0v) is 18.1. The van der Waals surface area contributed by atoms with Crippen LogP contribution in [-0.2, 0) is 6.42 Å². The van der Waals surface area contributed by atoms with Crippen LogP contribution in [0.1, 0.15) is 32.3 Å². The lowest BCUT2D eigenvalue weighted by Gasteiger charge is -2.35. The molecule has 1 aromatic carbocycles. The molecule has 1 aliphatic heterocycles. The second-order valence-corrected chi connectivity index (χ2v) is 8.86. The summed E-state index contributed by atoms with van der Waals surface area (Å²) in [4.78, 5) is 12.4. The van der Waals surface area contributed by atoms with E-state index in [0.29, 0.717) is 5.92 Å². The lowest BCUT2D eigenvalue weighted by molar-refractivity contribution is 0.133. The van der Waals surface area contributed by atoms with Crippen molar-refractivity contribution < 1.29 is 4.74 Å². The number of thiazole rings is 1. The van der Waals surface area contributed by atoms with Gasteiger partial charge in [-0.05, 0) is 77.9 Å². The van der Waals surface area contributed by atoms with Crippen LogP contribution in [0.5, 0.6) is 5.19 Å². The molecule has 0 saturated carbocycles. The van der Waals surface area contributed by atoms with Crippen LogP contribution >= 0.6 is 27.3 Å². The fourth-order valence-electron chi connectivity index (χ4n) is 3.65. The van der Waals surface area contributed by atoms with Gasteiger partial charge < -0.3 is 9.64 Å². The number of nitrogens with zero attached hydrogens (tertiary/aromatic N) is 3. The average Bonchev–Trinajstić information content (AvgIpc) is 3.09. The molecule has 0 aliphatic carbocycles. The van der Waals surface area contributed by atoms with E-state index in [0.717, 1.165) is 52.5 Å². The van der Waals surface area contributed by atoms with E-state index in [1.807, 2.05) is 12.1 Å². The molecule has 3 aromatic rings. The molecule has 0 N–H and O–H groups in total. The first-order chi connectivity index (χ1) is 13.1. The Hall–Kier alpha value is -1.66. The zero-order chi connectivity index (χ0) is 18.8. The van der Waals surface area contributed by atoms with E-state index in [1.54, 1.807) is 0 Å². The molecule has 4 rings (SSSR count). The number of ether oxygens (including phenoxy) is 1. The van der Waals surface area contributed by atoms with Gasteiger partial charge in [-0.2, -0.15) is 0 Å². The van der Waals surface area contributed by atoms with Gasteiger partial charge in [0.1, 0.15) is 21.1 Å². The fourth-order valence-corrected chi connectivity index (χ4v) is 4.95. The van der Waals surface area contributed by atoms with Crippen LogP contribution < -0.4 is 9.64 Å². The van der Waals surface area contributed by atoms with Crippen molar-refractivity contribution in [2.45, 2.75) is 39.2 Å². The summed E-state index contributed by atoms with van der Waals surface area (Å²) < 4.78 is 7.01. The Bertz CT molecular complexity index is 903. The number of hydrogen-bond acceptors (Lipinski definition) is 5. The minimum atomic E-state index is 0.165. The number of aryl methyl sites for hydroxylation is 1. The SMILES string of the molecule is CCc1ccc(N2CCC([C@H](C)Oc3nc4ccc(Br)nc4s3)CC2)cc1. The highest BCUT2D eigenvalue weighted by Gasteiger charge is 2.26. The predicted molar refractivity (Wildman–Crippen MR) is 116 cm³/mol. The number of fused-ring (bicyclic) bond motifs is 1. The van der Waals surface area contributed by atoms with Crippen LogP contribution in [0.15, 0.2) is 41.0 Å². The summed E-state index contributed by atoms with van der Waals surface area (Å²) in [5, 5.41) is 0.723. The van der Waals surface area contributed by atoms with Gasteiger partial charge in [-0.15, -0.1) is 0 Å². The molecule has 1 saturated heterocycles. The number of aromatic nitrogens is 2. The average molecular weight is 446 g/mol. The topological polar surface area (TPSA) is 38.2 Å². The summed E-state index contributed by atoms with van der Waals surface area (Å²) in [6.07, 6.45) is 3.55. The molecule has 3 heterocycles. The van der Waals surface area contributed by atoms with Crippen molar-refractivity contribution >= 4 is 43.3 Å². The van der Waals surface area contributed by atoms with Gasteiger partial charge in [0.25, 0.3) is 5.19 Å². The Morgan fingerprint density at radius 1 is 1.15 bits per heavy atom. The second kappa shape index (κ2) is 8.15. The molecule has 1 aliphatic rings. The van der Waals surface area contributed by atoms with E-state index < -0.39 is 0 Å². The van der Waals surface area contributed by atoms with Crippen LogP contribution in [0.4, 0.5) is 5.69 Å². The summed E-state index contributed by atoms with van der Waals surface area (Å²) in [5.74, 6) is 0.558. The van der Waals surface area contributed by atoms with Crippen LogP contribution in [0.3, 0.4) is 0 Å². The summed E-state index contributed by atoms with van der Waals surface area (Å²) in [5.41, 5.74) is 3.63. The first-order valence-corrected chi connectivity index (χ1v) is 11.2. The fraction of sp³-hybridized carbons (Fsp3) is 0.429. The maximum Gasteiger partial charge on any atom is 0.276 e. The number of halogens is 1. The van der Waals surface area contributed by atoms with Gasteiger partial charge in [0.15, 0.2) is 0 Å². The van der Waals surface area contributed by atoms with E-state index >= 15 is 0 Å². The Labute approximate surface area is 172 Å². The van der Waals surface area contributed by atoms with Crippen molar-refractivity contribution in [3.63, 3.8) is 0 Å². The van der Waals surface area contributed by atoms with Crippen LogP contribution in [-0.4, -0.2) is 29.2 Å². The highest BCUT2D eigenvalue weighted by Crippen LogP contribution is 2.31. The number of benzene rings is 1. The van der Waals surface area contributed by atoms with E-state index in [9.17, 15) is 0 Å². The third-order valence-corrected chi connectivity index (χ3v) is 6.70. The standard InChI is InChI=1S/C21H24BrN3OS/c1-3-15-4-6-17(7-5-15)25-12-10-16(11-13-25)14(2)26-21-23-18-8-9-19(22)24-20(18)27-21/h4-9,14,16H,3,10-13H2,1-2H3/t14-/m0/s1. The smallest absolute Gasteiger partial charge is 0.276 e. The molecule has 1 fully saturated rings. The van der Waals surface area contributed by atoms with Gasteiger partial charge >= 0.3 is 0 Å². The summed E-state index contributed by atoms with van der Waals surface area (Å²) in [6, 6.07) is 12.9. The summed E-state index contributed by atoms with van der Waals surface area (Å²) in [6.45, 7) is 6.53. The summed E-state index contributed by atoms with van der Waals surface area (Å²) in [7, 11) is 0. The van der Waals surface area contributed by atoms with Gasteiger partial charge in [0, 0.05) is 18.8 Å². The molecule has 1 atom stereocenters. The number of rotatable bonds is 5. The molecular weight excluding hydrogens is 422 g/mol. The van der Waals surface area contributed by atoms with Crippen molar-refractivity contribution in [3.05, 3.63) is 46.6 Å². The molecule has 0 radical (unpaired) electrons. The number of hydrogen-bond donors (Lipinski definition) is 0. The maximum atomic E-state index is 6.18. The third-order valence-electron chi connectivity index (χ3n) is 5.40. The van der Waals surface area contributed by atoms with Gasteiger partial charge in [-0.25, -0.2) is 9.97 Å². The number of piperidine rings is 1. The Balaban J connectivity index is 1.35. The minimum Gasteiger partial charge on any atom is -0.467 e.